The van der Waals surface area contributed by atoms with E-state index < -0.39 is 5.69 Å². The molecule has 1 amide bonds. The van der Waals surface area contributed by atoms with Crippen LogP contribution in [0.3, 0.4) is 0 Å². The van der Waals surface area contributed by atoms with Gasteiger partial charge in [-0.1, -0.05) is 44.2 Å². The monoisotopic (exact) mass is 371 g/mol. The Balaban J connectivity index is 1.89. The number of fused-ring (bicyclic) bond motifs is 1. The number of carbonyl (C=O) groups excluding carboxylic acids is 1. The van der Waals surface area contributed by atoms with Gasteiger partial charge in [0, 0.05) is 13.1 Å². The first-order chi connectivity index (χ1) is 12.5. The predicted molar refractivity (Wildman–Crippen MR) is 103 cm³/mol. The molecule has 0 atom stereocenters. The third-order valence-electron chi connectivity index (χ3n) is 4.02. The Morgan fingerprint density at radius 1 is 1.12 bits per heavy atom. The minimum absolute atomic E-state index is 0.114. The van der Waals surface area contributed by atoms with Crippen LogP contribution in [0.4, 0.5) is 0 Å². The van der Waals surface area contributed by atoms with E-state index in [2.05, 4.69) is 5.32 Å². The van der Waals surface area contributed by atoms with Crippen LogP contribution in [0.15, 0.2) is 51.4 Å². The quantitative estimate of drug-likeness (QED) is 0.722. The van der Waals surface area contributed by atoms with Crippen LogP contribution < -0.4 is 16.6 Å². The van der Waals surface area contributed by atoms with Crippen LogP contribution >= 0.6 is 11.3 Å². The molecular weight excluding hydrogens is 350 g/mol. The highest BCUT2D eigenvalue weighted by atomic mass is 32.1. The second-order valence-electron chi connectivity index (χ2n) is 6.58. The molecule has 3 rings (SSSR count). The second kappa shape index (κ2) is 7.70. The van der Waals surface area contributed by atoms with E-state index in [0.29, 0.717) is 23.3 Å². The van der Waals surface area contributed by atoms with Crippen molar-refractivity contribution in [3.63, 3.8) is 0 Å². The van der Waals surface area contributed by atoms with Crippen LogP contribution in [-0.2, 0) is 24.4 Å². The van der Waals surface area contributed by atoms with Gasteiger partial charge in [-0.2, -0.15) is 0 Å². The van der Waals surface area contributed by atoms with Crippen LogP contribution in [0.2, 0.25) is 0 Å². The zero-order valence-electron chi connectivity index (χ0n) is 14.8. The highest BCUT2D eigenvalue weighted by molar-refractivity contribution is 7.17. The molecule has 3 aromatic rings. The molecule has 136 valence electrons. The summed E-state index contributed by atoms with van der Waals surface area (Å²) >= 11 is 1.29. The van der Waals surface area contributed by atoms with Crippen LogP contribution in [0.25, 0.3) is 10.2 Å². The largest absolute Gasteiger partial charge is 0.350 e. The summed E-state index contributed by atoms with van der Waals surface area (Å²) in [6, 6.07) is 11.3. The zero-order chi connectivity index (χ0) is 18.7. The molecule has 0 aliphatic rings. The standard InChI is InChI=1S/C19H21N3O3S/c1-13(2)11-22-18(24)17-15(8-9-26-17)21(19(22)25)12-16(23)20-10-14-6-4-3-5-7-14/h3-9,13H,10-12H2,1-2H3,(H,20,23). The summed E-state index contributed by atoms with van der Waals surface area (Å²) in [5.41, 5.74) is 0.776. The average molecular weight is 371 g/mol. The number of carbonyl (C=O) groups is 1. The van der Waals surface area contributed by atoms with Crippen molar-refractivity contribution in [3.8, 4) is 0 Å². The first-order valence-electron chi connectivity index (χ1n) is 8.49. The van der Waals surface area contributed by atoms with Gasteiger partial charge in [0.25, 0.3) is 5.56 Å². The van der Waals surface area contributed by atoms with E-state index in [4.69, 9.17) is 0 Å². The van der Waals surface area contributed by atoms with Gasteiger partial charge in [-0.05, 0) is 22.9 Å². The number of nitrogens with zero attached hydrogens (tertiary/aromatic N) is 2. The maximum Gasteiger partial charge on any atom is 0.332 e. The van der Waals surface area contributed by atoms with E-state index in [1.165, 1.54) is 20.5 Å². The maximum absolute atomic E-state index is 12.8. The predicted octanol–water partition coefficient (Wildman–Crippen LogP) is 2.20. The summed E-state index contributed by atoms with van der Waals surface area (Å²) in [7, 11) is 0. The summed E-state index contributed by atoms with van der Waals surface area (Å²) in [5.74, 6) is -0.114. The van der Waals surface area contributed by atoms with Crippen LogP contribution in [0.5, 0.6) is 0 Å². The van der Waals surface area contributed by atoms with E-state index in [-0.39, 0.29) is 23.9 Å². The number of rotatable bonds is 6. The Hall–Kier alpha value is -2.67. The van der Waals surface area contributed by atoms with Gasteiger partial charge in [0.05, 0.1) is 5.52 Å². The van der Waals surface area contributed by atoms with Crippen molar-refractivity contribution in [1.29, 1.82) is 0 Å². The maximum atomic E-state index is 12.8. The lowest BCUT2D eigenvalue weighted by molar-refractivity contribution is -0.121. The molecule has 0 unspecified atom stereocenters. The first kappa shape index (κ1) is 18.1. The first-order valence-corrected chi connectivity index (χ1v) is 9.37. The van der Waals surface area contributed by atoms with Gasteiger partial charge < -0.3 is 5.32 Å². The molecule has 0 saturated heterocycles. The number of amides is 1. The van der Waals surface area contributed by atoms with Crippen LogP contribution in [0, 0.1) is 5.92 Å². The minimum Gasteiger partial charge on any atom is -0.350 e. The van der Waals surface area contributed by atoms with Gasteiger partial charge in [0.2, 0.25) is 5.91 Å². The second-order valence-corrected chi connectivity index (χ2v) is 7.49. The number of aromatic nitrogens is 2. The number of hydrogen-bond donors (Lipinski definition) is 1. The Labute approximate surface area is 154 Å². The number of nitrogens with one attached hydrogen (secondary N) is 1. The molecule has 1 aromatic carbocycles. The summed E-state index contributed by atoms with van der Waals surface area (Å²) in [4.78, 5) is 37.7. The molecule has 6 nitrogen and oxygen atoms in total. The molecule has 0 bridgehead atoms. The third-order valence-corrected chi connectivity index (χ3v) is 4.91. The van der Waals surface area contributed by atoms with E-state index in [1.807, 2.05) is 44.2 Å². The fourth-order valence-corrected chi connectivity index (χ4v) is 3.65. The van der Waals surface area contributed by atoms with Crippen molar-refractivity contribution >= 4 is 27.5 Å². The van der Waals surface area contributed by atoms with Gasteiger partial charge in [-0.15, -0.1) is 11.3 Å². The van der Waals surface area contributed by atoms with Crippen molar-refractivity contribution in [2.45, 2.75) is 33.5 Å². The highest BCUT2D eigenvalue weighted by Crippen LogP contribution is 2.15. The molecular formula is C19H21N3O3S. The van der Waals surface area contributed by atoms with Crippen LogP contribution in [0.1, 0.15) is 19.4 Å². The summed E-state index contributed by atoms with van der Waals surface area (Å²) < 4.78 is 3.12. The molecule has 0 radical (unpaired) electrons. The Morgan fingerprint density at radius 3 is 2.54 bits per heavy atom. The lowest BCUT2D eigenvalue weighted by Gasteiger charge is -2.13. The molecule has 7 heteroatoms. The summed E-state index contributed by atoms with van der Waals surface area (Å²) in [6.45, 7) is 4.50. The van der Waals surface area contributed by atoms with E-state index in [0.717, 1.165) is 5.56 Å². The van der Waals surface area contributed by atoms with Gasteiger partial charge in [0.15, 0.2) is 0 Å². The smallest absolute Gasteiger partial charge is 0.332 e. The van der Waals surface area contributed by atoms with Gasteiger partial charge in [0.1, 0.15) is 11.2 Å². The van der Waals surface area contributed by atoms with Crippen molar-refractivity contribution < 1.29 is 4.79 Å². The number of benzene rings is 1. The highest BCUT2D eigenvalue weighted by Gasteiger charge is 2.16. The molecule has 1 N–H and O–H groups in total. The fraction of sp³-hybridized carbons (Fsp3) is 0.316. The molecule has 26 heavy (non-hydrogen) atoms. The normalized spacial score (nSPS) is 11.2. The van der Waals surface area contributed by atoms with Crippen molar-refractivity contribution in [2.24, 2.45) is 5.92 Å². The molecule has 0 aliphatic heterocycles. The van der Waals surface area contributed by atoms with Gasteiger partial charge in [-0.25, -0.2) is 4.79 Å². The van der Waals surface area contributed by atoms with Crippen molar-refractivity contribution in [2.75, 3.05) is 0 Å². The van der Waals surface area contributed by atoms with Crippen molar-refractivity contribution in [1.82, 2.24) is 14.5 Å². The number of hydrogen-bond acceptors (Lipinski definition) is 4. The summed E-state index contributed by atoms with van der Waals surface area (Å²) in [5, 5.41) is 4.59. The SMILES string of the molecule is CC(C)Cn1c(=O)c2sccc2n(CC(=O)NCc2ccccc2)c1=O. The molecule has 0 aliphatic carbocycles. The lowest BCUT2D eigenvalue weighted by Crippen LogP contribution is -2.42. The minimum atomic E-state index is -0.440. The van der Waals surface area contributed by atoms with Gasteiger partial charge >= 0.3 is 5.69 Å². The molecule has 0 fully saturated rings. The van der Waals surface area contributed by atoms with E-state index in [1.54, 1.807) is 11.4 Å². The third kappa shape index (κ3) is 3.77. The molecule has 0 spiro atoms. The zero-order valence-corrected chi connectivity index (χ0v) is 15.6. The Bertz CT molecular complexity index is 1030. The molecule has 2 aromatic heterocycles. The van der Waals surface area contributed by atoms with Crippen LogP contribution in [-0.4, -0.2) is 15.0 Å². The fourth-order valence-electron chi connectivity index (χ4n) is 2.81. The molecule has 0 saturated carbocycles. The van der Waals surface area contributed by atoms with E-state index in [9.17, 15) is 14.4 Å². The number of thiophene rings is 1. The Morgan fingerprint density at radius 2 is 1.85 bits per heavy atom. The average Bonchev–Trinajstić information content (AvgIpc) is 3.11. The summed E-state index contributed by atoms with van der Waals surface area (Å²) in [6.07, 6.45) is 0. The van der Waals surface area contributed by atoms with E-state index >= 15 is 0 Å². The Kier molecular flexibility index (Phi) is 5.37. The topological polar surface area (TPSA) is 73.1 Å². The molecule has 2 heterocycles. The van der Waals surface area contributed by atoms with Crippen molar-refractivity contribution in [3.05, 3.63) is 68.2 Å². The lowest BCUT2D eigenvalue weighted by atomic mass is 10.2. The van der Waals surface area contributed by atoms with Gasteiger partial charge in [-0.3, -0.25) is 18.7 Å².